The number of rotatable bonds is 12. The van der Waals surface area contributed by atoms with Crippen LogP contribution in [0.15, 0.2) is 35.2 Å². The summed E-state index contributed by atoms with van der Waals surface area (Å²) in [5, 5.41) is 8.65. The van der Waals surface area contributed by atoms with Gasteiger partial charge in [0.1, 0.15) is 12.1 Å². The molecule has 1 aromatic rings. The predicted octanol–water partition coefficient (Wildman–Crippen LogP) is 3.09. The van der Waals surface area contributed by atoms with Gasteiger partial charge in [0.15, 0.2) is 9.84 Å². The van der Waals surface area contributed by atoms with Crippen LogP contribution in [0.3, 0.4) is 0 Å². The van der Waals surface area contributed by atoms with Crippen molar-refractivity contribution in [2.24, 2.45) is 34.3 Å². The largest absolute Gasteiger partial charge is 0.363 e. The number of carbonyl (C=O) groups excluding carboxylic acids is 5. The average Bonchev–Trinajstić information content (AvgIpc) is 3.31. The quantitative estimate of drug-likeness (QED) is 0.242. The maximum Gasteiger partial charge on any atom is 0.315 e. The van der Waals surface area contributed by atoms with E-state index in [1.807, 2.05) is 34.6 Å². The summed E-state index contributed by atoms with van der Waals surface area (Å²) in [6.45, 7) is 9.86. The minimum Gasteiger partial charge on any atom is -0.363 e. The first-order valence-electron chi connectivity index (χ1n) is 17.7. The third-order valence-electron chi connectivity index (χ3n) is 11.6. The number of nitrogens with zero attached hydrogens (tertiary/aromatic N) is 1. The molecule has 270 valence electrons. The Balaban J connectivity index is 1.35. The van der Waals surface area contributed by atoms with E-state index in [1.54, 1.807) is 30.3 Å². The Morgan fingerprint density at radius 2 is 1.59 bits per heavy atom. The van der Waals surface area contributed by atoms with Gasteiger partial charge in [0.25, 0.3) is 5.91 Å². The molecule has 0 bridgehead atoms. The lowest BCUT2D eigenvalue weighted by molar-refractivity contribution is -0.145. The average molecular weight is 700 g/mol. The molecule has 5 rings (SSSR count). The van der Waals surface area contributed by atoms with Crippen LogP contribution in [0.5, 0.6) is 0 Å². The highest BCUT2D eigenvalue weighted by molar-refractivity contribution is 7.91. The van der Waals surface area contributed by atoms with E-state index in [1.165, 1.54) is 4.90 Å². The fraction of sp³-hybridized carbons (Fsp3) is 0.694. The van der Waals surface area contributed by atoms with Gasteiger partial charge in [-0.05, 0) is 60.0 Å². The van der Waals surface area contributed by atoms with Gasteiger partial charge in [-0.15, -0.1) is 0 Å². The van der Waals surface area contributed by atoms with Gasteiger partial charge in [-0.1, -0.05) is 91.3 Å². The van der Waals surface area contributed by atoms with Crippen molar-refractivity contribution < 1.29 is 32.4 Å². The topological polar surface area (TPSA) is 185 Å². The first-order valence-corrected chi connectivity index (χ1v) is 19.3. The molecule has 5 N–H and O–H groups in total. The summed E-state index contributed by atoms with van der Waals surface area (Å²) in [6, 6.07) is 4.54. The molecule has 1 heterocycles. The summed E-state index contributed by atoms with van der Waals surface area (Å²) >= 11 is 0. The molecule has 12 nitrogen and oxygen atoms in total. The lowest BCUT2D eigenvalue weighted by Gasteiger charge is -2.40. The zero-order chi connectivity index (χ0) is 35.9. The zero-order valence-corrected chi connectivity index (χ0v) is 30.2. The molecule has 13 heteroatoms. The Hall–Kier alpha value is -3.48. The standard InChI is InChI=1S/C36H53N5O7S/c1-34(2,3)29(39-33(46)40-36(17-10-7-11-18-36)21-49(47,48)23-15-8-6-9-16-23)32(45)41-20-24-26(35(24,4)5)27(41)31(44)38-25(28(42)30(37)43)19-22-13-12-14-22/h6,8-9,15-16,22,24-27,29H,7,10-14,17-21H2,1-5H3,(H2,37,43)(H,38,44)(H2,39,40,46)/t24-,25?,26?,27-,29+/m0/s1. The minimum atomic E-state index is -3.72. The van der Waals surface area contributed by atoms with Crippen LogP contribution in [0.1, 0.15) is 92.4 Å². The van der Waals surface area contributed by atoms with E-state index < -0.39 is 68.5 Å². The number of Topliss-reactive ketones (excluding diaryl/α,β-unsaturated/α-hetero) is 1. The molecule has 2 unspecified atom stereocenters. The fourth-order valence-electron chi connectivity index (χ4n) is 8.37. The van der Waals surface area contributed by atoms with Gasteiger partial charge in [0.2, 0.25) is 17.6 Å². The van der Waals surface area contributed by atoms with Crippen molar-refractivity contribution in [3.8, 4) is 0 Å². The minimum absolute atomic E-state index is 0.0484. The number of likely N-dealkylation sites (tertiary alicyclic amines) is 1. The molecule has 49 heavy (non-hydrogen) atoms. The molecule has 1 saturated heterocycles. The van der Waals surface area contributed by atoms with Crippen molar-refractivity contribution in [3.05, 3.63) is 30.3 Å². The van der Waals surface area contributed by atoms with Gasteiger partial charge in [-0.25, -0.2) is 13.2 Å². The van der Waals surface area contributed by atoms with Crippen LogP contribution in [-0.2, 0) is 29.0 Å². The number of hydrogen-bond acceptors (Lipinski definition) is 7. The number of sulfone groups is 1. The number of urea groups is 1. The van der Waals surface area contributed by atoms with Gasteiger partial charge in [0.05, 0.1) is 22.2 Å². The molecule has 4 aliphatic rings. The van der Waals surface area contributed by atoms with Gasteiger partial charge in [-0.2, -0.15) is 0 Å². The summed E-state index contributed by atoms with van der Waals surface area (Å²) < 4.78 is 26.9. The molecule has 5 atom stereocenters. The summed E-state index contributed by atoms with van der Waals surface area (Å²) in [7, 11) is -3.72. The summed E-state index contributed by atoms with van der Waals surface area (Å²) in [4.78, 5) is 68.5. The van der Waals surface area contributed by atoms with Crippen molar-refractivity contribution >= 4 is 39.4 Å². The number of primary amides is 1. The van der Waals surface area contributed by atoms with Crippen LogP contribution in [0, 0.1) is 28.6 Å². The first kappa shape index (κ1) is 36.8. The SMILES string of the molecule is CC(C)(C)[C@H](NC(=O)NC1(CS(=O)(=O)c2ccccc2)CCCCC1)C(=O)N1C[C@H]2C([C@H]1C(=O)NC(CC1CCC1)C(=O)C(N)=O)C2(C)C. The number of fused-ring (bicyclic) bond motifs is 1. The zero-order valence-electron chi connectivity index (χ0n) is 29.4. The Labute approximate surface area is 290 Å². The number of nitrogens with two attached hydrogens (primary N) is 1. The van der Waals surface area contributed by atoms with E-state index in [9.17, 15) is 32.4 Å². The molecule has 0 spiro atoms. The lowest BCUT2D eigenvalue weighted by atomic mass is 9.80. The van der Waals surface area contributed by atoms with Crippen LogP contribution < -0.4 is 21.7 Å². The number of benzene rings is 1. The van der Waals surface area contributed by atoms with Gasteiger partial charge < -0.3 is 26.6 Å². The molecule has 4 fully saturated rings. The second-order valence-electron chi connectivity index (χ2n) is 16.5. The van der Waals surface area contributed by atoms with Crippen molar-refractivity contribution in [2.45, 2.75) is 121 Å². The molecule has 5 amide bonds. The van der Waals surface area contributed by atoms with Crippen LogP contribution in [0.2, 0.25) is 0 Å². The van der Waals surface area contributed by atoms with Crippen LogP contribution in [-0.4, -0.2) is 78.8 Å². The number of piperidine rings is 1. The van der Waals surface area contributed by atoms with Crippen LogP contribution in [0.4, 0.5) is 4.79 Å². The highest BCUT2D eigenvalue weighted by Gasteiger charge is 2.70. The molecule has 1 aromatic carbocycles. The number of ketones is 1. The molecule has 0 radical (unpaired) electrons. The number of carbonyl (C=O) groups is 5. The van der Waals surface area contributed by atoms with Gasteiger partial charge >= 0.3 is 6.03 Å². The van der Waals surface area contributed by atoms with Crippen molar-refractivity contribution in [1.29, 1.82) is 0 Å². The molecular weight excluding hydrogens is 646 g/mol. The number of hydrogen-bond donors (Lipinski definition) is 4. The maximum atomic E-state index is 14.4. The Kier molecular flexibility index (Phi) is 10.3. The highest BCUT2D eigenvalue weighted by Crippen LogP contribution is 2.65. The first-order chi connectivity index (χ1) is 22.9. The predicted molar refractivity (Wildman–Crippen MR) is 184 cm³/mol. The molecule has 1 aliphatic heterocycles. The van der Waals surface area contributed by atoms with Gasteiger partial charge in [0, 0.05) is 6.54 Å². The smallest absolute Gasteiger partial charge is 0.315 e. The van der Waals surface area contributed by atoms with Crippen molar-refractivity contribution in [3.63, 3.8) is 0 Å². The Bertz CT molecular complexity index is 1560. The van der Waals surface area contributed by atoms with Crippen LogP contribution >= 0.6 is 0 Å². The van der Waals surface area contributed by atoms with Crippen LogP contribution in [0.25, 0.3) is 0 Å². The Morgan fingerprint density at radius 1 is 0.959 bits per heavy atom. The monoisotopic (exact) mass is 699 g/mol. The van der Waals surface area contributed by atoms with Crippen molar-refractivity contribution in [1.82, 2.24) is 20.9 Å². The molecule has 0 aromatic heterocycles. The highest BCUT2D eigenvalue weighted by atomic mass is 32.2. The maximum absolute atomic E-state index is 14.4. The van der Waals surface area contributed by atoms with E-state index in [4.69, 9.17) is 5.73 Å². The summed E-state index contributed by atoms with van der Waals surface area (Å²) in [5.74, 6) is -3.05. The van der Waals surface area contributed by atoms with E-state index in [-0.39, 0.29) is 33.8 Å². The number of nitrogens with one attached hydrogen (secondary N) is 3. The van der Waals surface area contributed by atoms with E-state index in [0.717, 1.165) is 38.5 Å². The molecular formula is C36H53N5O7S. The van der Waals surface area contributed by atoms with Crippen molar-refractivity contribution in [2.75, 3.05) is 12.3 Å². The molecule has 3 aliphatic carbocycles. The summed E-state index contributed by atoms with van der Waals surface area (Å²) in [5.41, 5.74) is 3.35. The van der Waals surface area contributed by atoms with E-state index >= 15 is 0 Å². The second-order valence-corrected chi connectivity index (χ2v) is 18.5. The third-order valence-corrected chi connectivity index (χ3v) is 13.5. The fourth-order valence-corrected chi connectivity index (χ4v) is 10.2. The second kappa shape index (κ2) is 13.7. The normalized spacial score (nSPS) is 25.6. The Morgan fingerprint density at radius 3 is 2.14 bits per heavy atom. The summed E-state index contributed by atoms with van der Waals surface area (Å²) in [6.07, 6.45) is 6.58. The third kappa shape index (κ3) is 7.81. The van der Waals surface area contributed by atoms with E-state index in [0.29, 0.717) is 25.8 Å². The lowest BCUT2D eigenvalue weighted by Crippen LogP contribution is -2.64. The van der Waals surface area contributed by atoms with Gasteiger partial charge in [-0.3, -0.25) is 19.2 Å². The number of amides is 5. The molecule has 3 saturated carbocycles. The van der Waals surface area contributed by atoms with E-state index in [2.05, 4.69) is 16.0 Å².